The molecule has 4 aromatic rings. The van der Waals surface area contributed by atoms with Gasteiger partial charge < -0.3 is 9.73 Å². The average molecular weight is 370 g/mol. The van der Waals surface area contributed by atoms with Gasteiger partial charge in [0.25, 0.3) is 5.56 Å². The third kappa shape index (κ3) is 2.82. The Morgan fingerprint density at radius 1 is 1.35 bits per heavy atom. The molecule has 134 valence electrons. The van der Waals surface area contributed by atoms with Crippen LogP contribution >= 0.6 is 11.3 Å². The molecule has 0 saturated carbocycles. The van der Waals surface area contributed by atoms with Gasteiger partial charge in [-0.15, -0.1) is 11.3 Å². The second kappa shape index (κ2) is 6.45. The summed E-state index contributed by atoms with van der Waals surface area (Å²) >= 11 is 1.57. The zero-order valence-electron chi connectivity index (χ0n) is 14.5. The number of aromatic nitrogens is 3. The fourth-order valence-corrected chi connectivity index (χ4v) is 3.91. The van der Waals surface area contributed by atoms with Gasteiger partial charge in [-0.05, 0) is 36.6 Å². The lowest BCUT2D eigenvalue weighted by Gasteiger charge is -2.09. The van der Waals surface area contributed by atoms with Gasteiger partial charge in [0.15, 0.2) is 0 Å². The Bertz CT molecular complexity index is 1160. The van der Waals surface area contributed by atoms with Crippen LogP contribution in [0.25, 0.3) is 15.7 Å². The van der Waals surface area contributed by atoms with Crippen molar-refractivity contribution in [1.29, 1.82) is 0 Å². The highest BCUT2D eigenvalue weighted by atomic mass is 32.1. The number of fused-ring (bicyclic) bond motifs is 3. The van der Waals surface area contributed by atoms with Crippen molar-refractivity contribution >= 4 is 33.0 Å². The number of nitrogens with zero attached hydrogens (tertiary/aromatic N) is 3. The molecule has 0 fully saturated rings. The Kier molecular flexibility index (Phi) is 4.12. The molecule has 0 aliphatic rings. The molecule has 1 N–H and O–H groups in total. The SMILES string of the molecule is CCc1nn(CC(=O)NCc2ccc(C)o2)c(=O)c2cc3ccsc3n12. The summed E-state index contributed by atoms with van der Waals surface area (Å²) in [5.74, 6) is 1.94. The molecule has 26 heavy (non-hydrogen) atoms. The van der Waals surface area contributed by atoms with E-state index in [1.807, 2.05) is 47.9 Å². The molecule has 0 spiro atoms. The lowest BCUT2D eigenvalue weighted by molar-refractivity contribution is -0.122. The van der Waals surface area contributed by atoms with E-state index in [-0.39, 0.29) is 24.6 Å². The third-order valence-electron chi connectivity index (χ3n) is 4.22. The number of carbonyl (C=O) groups excluding carboxylic acids is 1. The van der Waals surface area contributed by atoms with E-state index in [0.717, 1.165) is 21.8 Å². The molecular weight excluding hydrogens is 352 g/mol. The van der Waals surface area contributed by atoms with Crippen LogP contribution in [0.5, 0.6) is 0 Å². The minimum absolute atomic E-state index is 0.124. The van der Waals surface area contributed by atoms with Crippen molar-refractivity contribution < 1.29 is 9.21 Å². The standard InChI is InChI=1S/C18H18N4O3S/c1-3-15-20-21(10-16(23)19-9-13-5-4-11(2)25-13)17(24)14-8-12-6-7-26-18(12)22(14)15/h4-8H,3,9-10H2,1-2H3,(H,19,23). The molecule has 7 nitrogen and oxygen atoms in total. The van der Waals surface area contributed by atoms with Crippen molar-refractivity contribution in [2.24, 2.45) is 0 Å². The molecule has 4 heterocycles. The fraction of sp³-hybridized carbons (Fsp3) is 0.278. The van der Waals surface area contributed by atoms with E-state index in [2.05, 4.69) is 10.4 Å². The number of carbonyl (C=O) groups is 1. The van der Waals surface area contributed by atoms with Crippen LogP contribution in [0, 0.1) is 6.92 Å². The number of hydrogen-bond acceptors (Lipinski definition) is 5. The molecule has 4 rings (SSSR count). The van der Waals surface area contributed by atoms with Gasteiger partial charge >= 0.3 is 0 Å². The lowest BCUT2D eigenvalue weighted by Crippen LogP contribution is -2.34. The van der Waals surface area contributed by atoms with Crippen molar-refractivity contribution in [3.8, 4) is 0 Å². The van der Waals surface area contributed by atoms with E-state index in [4.69, 9.17) is 4.42 Å². The lowest BCUT2D eigenvalue weighted by atomic mass is 10.4. The first-order chi connectivity index (χ1) is 12.6. The maximum atomic E-state index is 12.8. The van der Waals surface area contributed by atoms with Crippen molar-refractivity contribution in [2.75, 3.05) is 0 Å². The third-order valence-corrected chi connectivity index (χ3v) is 5.14. The van der Waals surface area contributed by atoms with Gasteiger partial charge in [0.05, 0.1) is 6.54 Å². The average Bonchev–Trinajstić information content (AvgIpc) is 3.31. The smallest absolute Gasteiger partial charge is 0.291 e. The van der Waals surface area contributed by atoms with Crippen LogP contribution in [-0.4, -0.2) is 20.1 Å². The second-order valence-electron chi connectivity index (χ2n) is 6.07. The highest BCUT2D eigenvalue weighted by Gasteiger charge is 2.16. The van der Waals surface area contributed by atoms with E-state index in [9.17, 15) is 9.59 Å². The first kappa shape index (κ1) is 16.6. The highest BCUT2D eigenvalue weighted by molar-refractivity contribution is 7.16. The van der Waals surface area contributed by atoms with E-state index in [0.29, 0.717) is 17.7 Å². The van der Waals surface area contributed by atoms with Gasteiger partial charge in [-0.2, -0.15) is 5.10 Å². The molecule has 0 aliphatic heterocycles. The second-order valence-corrected chi connectivity index (χ2v) is 6.96. The van der Waals surface area contributed by atoms with Crippen molar-refractivity contribution in [3.05, 3.63) is 57.3 Å². The van der Waals surface area contributed by atoms with Crippen LogP contribution in [0.15, 0.2) is 38.9 Å². The van der Waals surface area contributed by atoms with Crippen LogP contribution in [0.2, 0.25) is 0 Å². The maximum Gasteiger partial charge on any atom is 0.291 e. The van der Waals surface area contributed by atoms with Crippen molar-refractivity contribution in [2.45, 2.75) is 33.4 Å². The Balaban J connectivity index is 1.62. The number of aryl methyl sites for hydroxylation is 2. The molecule has 0 unspecified atom stereocenters. The number of thiophene rings is 1. The molecule has 0 radical (unpaired) electrons. The minimum atomic E-state index is -0.284. The van der Waals surface area contributed by atoms with Crippen LogP contribution < -0.4 is 10.9 Å². The first-order valence-corrected chi connectivity index (χ1v) is 9.25. The van der Waals surface area contributed by atoms with Gasteiger partial charge in [-0.25, -0.2) is 4.68 Å². The summed E-state index contributed by atoms with van der Waals surface area (Å²) < 4.78 is 8.55. The Morgan fingerprint density at radius 3 is 2.92 bits per heavy atom. The van der Waals surface area contributed by atoms with Crippen LogP contribution in [0.1, 0.15) is 24.3 Å². The number of nitrogens with one attached hydrogen (secondary N) is 1. The number of furan rings is 1. The molecule has 0 bridgehead atoms. The monoisotopic (exact) mass is 370 g/mol. The molecule has 0 saturated heterocycles. The number of hydrogen-bond donors (Lipinski definition) is 1. The summed E-state index contributed by atoms with van der Waals surface area (Å²) in [7, 11) is 0. The molecule has 0 atom stereocenters. The summed E-state index contributed by atoms with van der Waals surface area (Å²) in [5.41, 5.74) is 0.280. The van der Waals surface area contributed by atoms with E-state index >= 15 is 0 Å². The fourth-order valence-electron chi connectivity index (χ4n) is 2.99. The topological polar surface area (TPSA) is 81.5 Å². The predicted octanol–water partition coefficient (Wildman–Crippen LogP) is 2.49. The van der Waals surface area contributed by atoms with Crippen LogP contribution in [0.4, 0.5) is 0 Å². The Hall–Kier alpha value is -2.87. The Labute approximate surface area is 152 Å². The number of rotatable bonds is 5. The largest absolute Gasteiger partial charge is 0.465 e. The number of amides is 1. The van der Waals surface area contributed by atoms with Gasteiger partial charge in [0.1, 0.15) is 34.2 Å². The zero-order valence-corrected chi connectivity index (χ0v) is 15.3. The van der Waals surface area contributed by atoms with Crippen LogP contribution in [0.3, 0.4) is 0 Å². The van der Waals surface area contributed by atoms with Gasteiger partial charge in [0.2, 0.25) is 5.91 Å². The highest BCUT2D eigenvalue weighted by Crippen LogP contribution is 2.24. The van der Waals surface area contributed by atoms with Gasteiger partial charge in [0, 0.05) is 11.8 Å². The molecule has 1 amide bonds. The first-order valence-electron chi connectivity index (χ1n) is 8.37. The van der Waals surface area contributed by atoms with E-state index in [1.54, 1.807) is 11.3 Å². The van der Waals surface area contributed by atoms with Gasteiger partial charge in [-0.3, -0.25) is 14.0 Å². The molecule has 8 heteroatoms. The zero-order chi connectivity index (χ0) is 18.3. The van der Waals surface area contributed by atoms with E-state index < -0.39 is 0 Å². The van der Waals surface area contributed by atoms with Crippen molar-refractivity contribution in [1.82, 2.24) is 19.5 Å². The Morgan fingerprint density at radius 2 is 2.19 bits per heavy atom. The summed E-state index contributed by atoms with van der Waals surface area (Å²) in [6, 6.07) is 7.49. The normalized spacial score (nSPS) is 11.5. The quantitative estimate of drug-likeness (QED) is 0.585. The summed E-state index contributed by atoms with van der Waals surface area (Å²) in [6.45, 7) is 3.99. The maximum absolute atomic E-state index is 12.8. The predicted molar refractivity (Wildman–Crippen MR) is 99.5 cm³/mol. The van der Waals surface area contributed by atoms with Crippen molar-refractivity contribution in [3.63, 3.8) is 0 Å². The summed E-state index contributed by atoms with van der Waals surface area (Å²) in [5, 5.41) is 10.2. The summed E-state index contributed by atoms with van der Waals surface area (Å²) in [6.07, 6.45) is 0.658. The summed E-state index contributed by atoms with van der Waals surface area (Å²) in [4.78, 5) is 26.0. The van der Waals surface area contributed by atoms with E-state index in [1.165, 1.54) is 4.68 Å². The minimum Gasteiger partial charge on any atom is -0.465 e. The molecule has 4 aromatic heterocycles. The van der Waals surface area contributed by atoms with Crippen LogP contribution in [-0.2, 0) is 24.3 Å². The molecule has 0 aliphatic carbocycles. The van der Waals surface area contributed by atoms with Gasteiger partial charge in [-0.1, -0.05) is 6.92 Å². The molecular formula is C18H18N4O3S. The molecule has 0 aromatic carbocycles.